The molecule has 0 radical (unpaired) electrons. The molecule has 1 aliphatic carbocycles. The standard InChI is InChI=1S/C35H43ClN4O3/c1-34(2,3)43-33(42)39-20-14-25(15-21-39)38-18-12-23(13-19-38)24-10-11-26-29(22-24)40-28-9-7-8-27(36)30(28)31(41)37-32(40)35(26)16-5-4-6-17-35/h7-11,22-23,25H,4-6,12-21H2,1-3H3. The number of rotatable bonds is 2. The first-order chi connectivity index (χ1) is 20.6. The Morgan fingerprint density at radius 3 is 2.40 bits per heavy atom. The second kappa shape index (κ2) is 10.9. The second-order valence-corrected chi connectivity index (χ2v) is 14.5. The summed E-state index contributed by atoms with van der Waals surface area (Å²) in [7, 11) is 0. The lowest BCUT2D eigenvalue weighted by molar-refractivity contribution is 0.0127. The summed E-state index contributed by atoms with van der Waals surface area (Å²) in [6, 6.07) is 13.4. The third-order valence-electron chi connectivity index (χ3n) is 10.4. The molecule has 3 fully saturated rings. The molecule has 0 N–H and O–H groups in total. The van der Waals surface area contributed by atoms with Gasteiger partial charge < -0.3 is 14.5 Å². The molecule has 43 heavy (non-hydrogen) atoms. The summed E-state index contributed by atoms with van der Waals surface area (Å²) < 4.78 is 7.86. The van der Waals surface area contributed by atoms with E-state index < -0.39 is 5.60 Å². The molecule has 4 aliphatic rings. The third kappa shape index (κ3) is 5.06. The number of ether oxygens (including phenoxy) is 1. The Balaban J connectivity index is 1.11. The van der Waals surface area contributed by atoms with Gasteiger partial charge in [0.05, 0.1) is 27.0 Å². The molecule has 0 atom stereocenters. The van der Waals surface area contributed by atoms with Crippen LogP contribution in [-0.4, -0.2) is 63.3 Å². The number of benzene rings is 2. The number of carbonyl (C=O) groups excluding carboxylic acids is 1. The van der Waals surface area contributed by atoms with Crippen LogP contribution < -0.4 is 5.56 Å². The summed E-state index contributed by atoms with van der Waals surface area (Å²) in [5.74, 6) is 1.41. The van der Waals surface area contributed by atoms with Gasteiger partial charge in [-0.05, 0) is 108 Å². The van der Waals surface area contributed by atoms with Gasteiger partial charge in [0, 0.05) is 19.1 Å². The fourth-order valence-electron chi connectivity index (χ4n) is 8.29. The Morgan fingerprint density at radius 2 is 1.70 bits per heavy atom. The van der Waals surface area contributed by atoms with E-state index in [2.05, 4.69) is 27.7 Å². The molecular formula is C35H43ClN4O3. The van der Waals surface area contributed by atoms with E-state index in [4.69, 9.17) is 21.3 Å². The first kappa shape index (κ1) is 28.8. The summed E-state index contributed by atoms with van der Waals surface area (Å²) in [5.41, 5.74) is 3.89. The van der Waals surface area contributed by atoms with E-state index in [9.17, 15) is 9.59 Å². The molecule has 7 rings (SSSR count). The maximum absolute atomic E-state index is 13.3. The highest BCUT2D eigenvalue weighted by atomic mass is 35.5. The number of amides is 1. The van der Waals surface area contributed by atoms with Crippen LogP contribution in [0.2, 0.25) is 5.02 Å². The quantitative estimate of drug-likeness (QED) is 0.311. The minimum Gasteiger partial charge on any atom is -0.444 e. The molecule has 8 heteroatoms. The Labute approximate surface area is 259 Å². The maximum Gasteiger partial charge on any atom is 0.410 e. The van der Waals surface area contributed by atoms with Crippen LogP contribution in [-0.2, 0) is 10.2 Å². The van der Waals surface area contributed by atoms with Crippen LogP contribution in [0.3, 0.4) is 0 Å². The van der Waals surface area contributed by atoms with Crippen LogP contribution in [0, 0.1) is 0 Å². The zero-order valence-corrected chi connectivity index (χ0v) is 26.5. The fourth-order valence-corrected chi connectivity index (χ4v) is 8.54. The van der Waals surface area contributed by atoms with Crippen molar-refractivity contribution in [2.24, 2.45) is 0 Å². The Bertz CT molecular complexity index is 1600. The molecule has 3 aliphatic heterocycles. The van der Waals surface area contributed by atoms with Crippen LogP contribution in [0.4, 0.5) is 4.79 Å². The van der Waals surface area contributed by atoms with Gasteiger partial charge in [-0.2, -0.15) is 4.98 Å². The lowest BCUT2D eigenvalue weighted by Crippen LogP contribution is -2.49. The lowest BCUT2D eigenvalue weighted by Gasteiger charge is -2.42. The van der Waals surface area contributed by atoms with Gasteiger partial charge in [0.1, 0.15) is 11.4 Å². The first-order valence-electron chi connectivity index (χ1n) is 16.2. The van der Waals surface area contributed by atoms with Crippen molar-refractivity contribution >= 4 is 28.6 Å². The number of carbonyl (C=O) groups is 1. The molecule has 3 aromatic rings. The SMILES string of the molecule is CC(C)(C)OC(=O)N1CCC(N2CCC(c3ccc4c(c3)-n3c(nc(=O)c5c(Cl)cccc53)C43CCCCC3)CC2)CC1. The van der Waals surface area contributed by atoms with Gasteiger partial charge in [-0.25, -0.2) is 4.79 Å². The molecule has 1 aromatic heterocycles. The summed E-state index contributed by atoms with van der Waals surface area (Å²) in [6.45, 7) is 9.44. The lowest BCUT2D eigenvalue weighted by atomic mass is 9.69. The second-order valence-electron chi connectivity index (χ2n) is 14.1. The molecule has 4 heterocycles. The highest BCUT2D eigenvalue weighted by molar-refractivity contribution is 6.35. The summed E-state index contributed by atoms with van der Waals surface area (Å²) in [4.78, 5) is 35.1. The van der Waals surface area contributed by atoms with Crippen molar-refractivity contribution in [1.29, 1.82) is 0 Å². The number of halogens is 1. The van der Waals surface area contributed by atoms with Crippen molar-refractivity contribution in [3.63, 3.8) is 0 Å². The van der Waals surface area contributed by atoms with Gasteiger partial charge in [0.15, 0.2) is 0 Å². The zero-order chi connectivity index (χ0) is 29.9. The highest BCUT2D eigenvalue weighted by Crippen LogP contribution is 2.52. The first-order valence-corrected chi connectivity index (χ1v) is 16.6. The predicted octanol–water partition coefficient (Wildman–Crippen LogP) is 7.18. The number of hydrogen-bond donors (Lipinski definition) is 0. The van der Waals surface area contributed by atoms with Crippen LogP contribution in [0.1, 0.15) is 101 Å². The molecule has 0 bridgehead atoms. The smallest absolute Gasteiger partial charge is 0.410 e. The molecule has 228 valence electrons. The minimum atomic E-state index is -0.458. The molecule has 2 saturated heterocycles. The Morgan fingerprint density at radius 1 is 0.977 bits per heavy atom. The van der Waals surface area contributed by atoms with Crippen molar-refractivity contribution in [3.8, 4) is 5.69 Å². The maximum atomic E-state index is 13.3. The van der Waals surface area contributed by atoms with Crippen LogP contribution in [0.5, 0.6) is 0 Å². The Hall–Kier alpha value is -2.90. The van der Waals surface area contributed by atoms with E-state index >= 15 is 0 Å². The van der Waals surface area contributed by atoms with Gasteiger partial charge in [-0.15, -0.1) is 0 Å². The van der Waals surface area contributed by atoms with Gasteiger partial charge in [0.25, 0.3) is 5.56 Å². The van der Waals surface area contributed by atoms with Crippen molar-refractivity contribution < 1.29 is 9.53 Å². The normalized spacial score (nSPS) is 21.3. The van der Waals surface area contributed by atoms with E-state index in [0.29, 0.717) is 22.4 Å². The monoisotopic (exact) mass is 602 g/mol. The zero-order valence-electron chi connectivity index (χ0n) is 25.7. The number of nitrogens with zero attached hydrogens (tertiary/aromatic N) is 4. The number of piperidine rings is 2. The average molecular weight is 603 g/mol. The van der Waals surface area contributed by atoms with Crippen molar-refractivity contribution in [2.45, 2.75) is 102 Å². The van der Waals surface area contributed by atoms with Crippen molar-refractivity contribution in [2.75, 3.05) is 26.2 Å². The average Bonchev–Trinajstić information content (AvgIpc) is 3.25. The highest BCUT2D eigenvalue weighted by Gasteiger charge is 2.46. The molecule has 7 nitrogen and oxygen atoms in total. The summed E-state index contributed by atoms with van der Waals surface area (Å²) in [6.07, 6.45) is 9.66. The fraction of sp³-hybridized carbons (Fsp3) is 0.571. The molecule has 1 amide bonds. The molecule has 0 unspecified atom stereocenters. The van der Waals surface area contributed by atoms with Gasteiger partial charge in [0.2, 0.25) is 0 Å². The number of likely N-dealkylation sites (tertiary alicyclic amines) is 2. The van der Waals surface area contributed by atoms with Crippen molar-refractivity contribution in [1.82, 2.24) is 19.4 Å². The largest absolute Gasteiger partial charge is 0.444 e. The van der Waals surface area contributed by atoms with E-state index in [0.717, 1.165) is 88.9 Å². The van der Waals surface area contributed by atoms with Crippen LogP contribution >= 0.6 is 11.6 Å². The summed E-state index contributed by atoms with van der Waals surface area (Å²) >= 11 is 6.56. The Kier molecular flexibility index (Phi) is 7.32. The van der Waals surface area contributed by atoms with E-state index in [1.54, 1.807) is 6.07 Å². The van der Waals surface area contributed by atoms with Crippen LogP contribution in [0.15, 0.2) is 41.2 Å². The van der Waals surface area contributed by atoms with E-state index in [1.807, 2.05) is 37.8 Å². The minimum absolute atomic E-state index is 0.188. The molecule has 1 saturated carbocycles. The molecule has 2 aromatic carbocycles. The number of fused-ring (bicyclic) bond motifs is 7. The van der Waals surface area contributed by atoms with Crippen molar-refractivity contribution in [3.05, 3.63) is 68.7 Å². The topological polar surface area (TPSA) is 67.7 Å². The van der Waals surface area contributed by atoms with Crippen LogP contribution in [0.25, 0.3) is 16.6 Å². The molecular weight excluding hydrogens is 560 g/mol. The predicted molar refractivity (Wildman–Crippen MR) is 171 cm³/mol. The van der Waals surface area contributed by atoms with E-state index in [1.165, 1.54) is 23.2 Å². The number of hydrogen-bond acceptors (Lipinski definition) is 5. The molecule has 1 spiro atoms. The number of aromatic nitrogens is 2. The van der Waals surface area contributed by atoms with Gasteiger partial charge >= 0.3 is 6.09 Å². The van der Waals surface area contributed by atoms with Gasteiger partial charge in [-0.3, -0.25) is 9.36 Å². The summed E-state index contributed by atoms with van der Waals surface area (Å²) in [5, 5.41) is 0.986. The van der Waals surface area contributed by atoms with E-state index in [-0.39, 0.29) is 17.1 Å². The third-order valence-corrected chi connectivity index (χ3v) is 10.7. The van der Waals surface area contributed by atoms with Gasteiger partial charge in [-0.1, -0.05) is 49.1 Å².